The van der Waals surface area contributed by atoms with Crippen LogP contribution in [0.2, 0.25) is 0 Å². The van der Waals surface area contributed by atoms with Gasteiger partial charge in [0.15, 0.2) is 0 Å². The molecule has 5 atom stereocenters. The van der Waals surface area contributed by atoms with Crippen molar-refractivity contribution in [2.24, 2.45) is 16.7 Å². The number of hydrazine groups is 1. The van der Waals surface area contributed by atoms with Crippen LogP contribution < -0.4 is 51.4 Å². The van der Waals surface area contributed by atoms with E-state index in [1.54, 1.807) is 24.0 Å². The van der Waals surface area contributed by atoms with Gasteiger partial charge in [-0.25, -0.2) is 14.8 Å². The summed E-state index contributed by atoms with van der Waals surface area (Å²) in [5.41, 5.74) is -0.997. The smallest absolute Gasteiger partial charge is 0.642 e. The van der Waals surface area contributed by atoms with Crippen molar-refractivity contribution in [1.82, 2.24) is 10.0 Å². The zero-order valence-electron chi connectivity index (χ0n) is 18.4. The molecular formula is C18H34KN3O2. The molecule has 2 rings (SSSR count). The molecule has 2 fully saturated rings. The maximum atomic E-state index is 12.8. The van der Waals surface area contributed by atoms with E-state index >= 15 is 0 Å². The molecule has 5 nitrogen and oxygen atoms in total. The fourth-order valence-electron chi connectivity index (χ4n) is 3.98. The quantitative estimate of drug-likeness (QED) is 0.608. The second-order valence-electron chi connectivity index (χ2n) is 9.38. The second-order valence-corrected chi connectivity index (χ2v) is 9.38. The molecule has 4 unspecified atom stereocenters. The molecule has 0 bridgehead atoms. The Balaban J connectivity index is 0.00000312. The molecule has 24 heavy (non-hydrogen) atoms. The average molecular weight is 365 g/mol. The Bertz CT molecular complexity index is 529. The standard InChI is InChI=1S/C18H34N3O2.K/c1-11-13(16(3,4)5)19-12(2)20(10)21-14(11)18(9,17(6,7)8)23-15(21)22;/h11-14H,1-10H3;/q-1;+1/t11?,12?,13?,14?,18-;/m0./s1/i12D;. The molecular weight excluding hydrogens is 329 g/mol. The van der Waals surface area contributed by atoms with Crippen molar-refractivity contribution in [3.8, 4) is 0 Å². The largest absolute Gasteiger partial charge is 1.00 e. The van der Waals surface area contributed by atoms with Gasteiger partial charge in [0.25, 0.3) is 0 Å². The zero-order chi connectivity index (χ0) is 18.9. The van der Waals surface area contributed by atoms with Gasteiger partial charge in [0.2, 0.25) is 0 Å². The van der Waals surface area contributed by atoms with Crippen molar-refractivity contribution in [2.75, 3.05) is 7.05 Å². The SMILES string of the molecule is [2H]C1(C)[N-]C(C(C)(C)C)C(C)C2N(C(=O)O[C@]2(C)C(C)(C)C)N1C.[K+]. The molecule has 0 aromatic carbocycles. The van der Waals surface area contributed by atoms with Gasteiger partial charge in [-0.15, -0.1) is 6.04 Å². The first-order chi connectivity index (χ1) is 10.5. The van der Waals surface area contributed by atoms with Crippen LogP contribution in [0, 0.1) is 16.7 Å². The fourth-order valence-corrected chi connectivity index (χ4v) is 3.98. The maximum Gasteiger partial charge on any atom is 1.00 e. The maximum absolute atomic E-state index is 12.8. The molecule has 134 valence electrons. The molecule has 2 aliphatic heterocycles. The van der Waals surface area contributed by atoms with Gasteiger partial charge < -0.3 is 10.1 Å². The molecule has 2 saturated heterocycles. The minimum atomic E-state index is -1.22. The molecule has 0 aromatic heterocycles. The van der Waals surface area contributed by atoms with Crippen molar-refractivity contribution in [1.29, 1.82) is 0 Å². The summed E-state index contributed by atoms with van der Waals surface area (Å²) in [5, 5.41) is 8.12. The first-order valence-corrected chi connectivity index (χ1v) is 8.52. The van der Waals surface area contributed by atoms with E-state index in [4.69, 9.17) is 11.4 Å². The van der Waals surface area contributed by atoms with Crippen LogP contribution in [0.3, 0.4) is 0 Å². The van der Waals surface area contributed by atoms with E-state index in [9.17, 15) is 4.79 Å². The Labute approximate surface area is 192 Å². The van der Waals surface area contributed by atoms with E-state index in [1.807, 2.05) is 6.92 Å². The summed E-state index contributed by atoms with van der Waals surface area (Å²) in [6.07, 6.45) is -1.60. The van der Waals surface area contributed by atoms with Crippen LogP contribution >= 0.6 is 0 Å². The molecule has 1 amide bonds. The van der Waals surface area contributed by atoms with Gasteiger partial charge in [0.05, 0.1) is 6.04 Å². The number of carbonyl (C=O) groups is 1. The predicted molar refractivity (Wildman–Crippen MR) is 93.0 cm³/mol. The molecule has 2 heterocycles. The molecule has 0 aliphatic carbocycles. The van der Waals surface area contributed by atoms with Crippen LogP contribution in [0.25, 0.3) is 5.32 Å². The summed E-state index contributed by atoms with van der Waals surface area (Å²) >= 11 is 0. The first kappa shape index (κ1) is 21.1. The van der Waals surface area contributed by atoms with Gasteiger partial charge in [-0.3, -0.25) is 0 Å². The Morgan fingerprint density at radius 2 is 1.71 bits per heavy atom. The Hall–Kier alpha value is 0.826. The summed E-state index contributed by atoms with van der Waals surface area (Å²) in [6.45, 7) is 18.6. The minimum absolute atomic E-state index is 0. The molecule has 0 saturated carbocycles. The molecule has 6 heteroatoms. The van der Waals surface area contributed by atoms with Crippen LogP contribution in [-0.2, 0) is 4.74 Å². The summed E-state index contributed by atoms with van der Waals surface area (Å²) in [5.74, 6) is 0.0651. The van der Waals surface area contributed by atoms with Crippen LogP contribution in [-0.4, -0.2) is 47.0 Å². The van der Waals surface area contributed by atoms with E-state index < -0.39 is 11.7 Å². The first-order valence-electron chi connectivity index (χ1n) is 9.02. The van der Waals surface area contributed by atoms with Gasteiger partial charge >= 0.3 is 57.5 Å². The Kier molecular flexibility index (Phi) is 6.25. The number of nitrogens with zero attached hydrogens (tertiary/aromatic N) is 3. The van der Waals surface area contributed by atoms with Crippen LogP contribution in [0.1, 0.15) is 63.7 Å². The minimum Gasteiger partial charge on any atom is -0.642 e. The summed E-state index contributed by atoms with van der Waals surface area (Å²) in [7, 11) is 1.76. The van der Waals surface area contributed by atoms with Gasteiger partial charge in [-0.1, -0.05) is 66.9 Å². The fraction of sp³-hybridized carbons (Fsp3) is 0.944. The molecule has 0 radical (unpaired) electrons. The normalized spacial score (nSPS) is 41.9. The van der Waals surface area contributed by atoms with Crippen molar-refractivity contribution >= 4 is 6.09 Å². The number of carbonyl (C=O) groups excluding carboxylic acids is 1. The van der Waals surface area contributed by atoms with Crippen LogP contribution in [0.15, 0.2) is 0 Å². The molecule has 0 aromatic rings. The summed E-state index contributed by atoms with van der Waals surface area (Å²) < 4.78 is 14.6. The predicted octanol–water partition coefficient (Wildman–Crippen LogP) is 1.25. The van der Waals surface area contributed by atoms with Gasteiger partial charge in [0, 0.05) is 13.8 Å². The molecule has 0 N–H and O–H groups in total. The van der Waals surface area contributed by atoms with E-state index in [0.29, 0.717) is 0 Å². The van der Waals surface area contributed by atoms with Crippen molar-refractivity contribution in [2.45, 2.75) is 86.1 Å². The topological polar surface area (TPSA) is 46.9 Å². The number of ether oxygens (including phenoxy) is 1. The Morgan fingerprint density at radius 1 is 1.21 bits per heavy atom. The number of hydrogen-bond donors (Lipinski definition) is 0. The number of fused-ring (bicyclic) bond motifs is 1. The third-order valence-electron chi connectivity index (χ3n) is 5.80. The second kappa shape index (κ2) is 7.10. The van der Waals surface area contributed by atoms with E-state index in [1.165, 1.54) is 0 Å². The van der Waals surface area contributed by atoms with Crippen LogP contribution in [0.5, 0.6) is 0 Å². The number of hydrogen-bond acceptors (Lipinski definition) is 3. The van der Waals surface area contributed by atoms with Gasteiger partial charge in [-0.2, -0.15) is 0 Å². The van der Waals surface area contributed by atoms with E-state index in [-0.39, 0.29) is 86.3 Å². The van der Waals surface area contributed by atoms with E-state index in [2.05, 4.69) is 48.5 Å². The van der Waals surface area contributed by atoms with Gasteiger partial charge in [-0.05, 0) is 12.8 Å². The summed E-state index contributed by atoms with van der Waals surface area (Å²) in [4.78, 5) is 12.8. The Morgan fingerprint density at radius 3 is 2.12 bits per heavy atom. The average Bonchev–Trinajstić information content (AvgIpc) is 2.60. The van der Waals surface area contributed by atoms with E-state index in [0.717, 1.165) is 0 Å². The third kappa shape index (κ3) is 3.62. The van der Waals surface area contributed by atoms with Crippen LogP contribution in [0.4, 0.5) is 4.79 Å². The van der Waals surface area contributed by atoms with Crippen molar-refractivity contribution in [3.05, 3.63) is 5.32 Å². The third-order valence-corrected chi connectivity index (χ3v) is 5.80. The number of rotatable bonds is 0. The molecule has 0 spiro atoms. The van der Waals surface area contributed by atoms with Crippen molar-refractivity contribution < 1.29 is 62.3 Å². The number of amides is 1. The van der Waals surface area contributed by atoms with Crippen molar-refractivity contribution in [3.63, 3.8) is 0 Å². The zero-order valence-corrected chi connectivity index (χ0v) is 20.5. The monoisotopic (exact) mass is 364 g/mol. The summed E-state index contributed by atoms with van der Waals surface area (Å²) in [6, 6.07) is -0.233. The molecule has 2 aliphatic rings. The number of cyclic esters (lactones) is 1. The van der Waals surface area contributed by atoms with Gasteiger partial charge in [0.1, 0.15) is 5.60 Å².